The monoisotopic (exact) mass is 237 g/mol. The van der Waals surface area contributed by atoms with Crippen LogP contribution in [0, 0.1) is 5.92 Å². The highest BCUT2D eigenvalue weighted by molar-refractivity contribution is 5.92. The highest BCUT2D eigenvalue weighted by atomic mass is 16.5. The smallest absolute Gasteiger partial charge is 0.228 e. The lowest BCUT2D eigenvalue weighted by Crippen LogP contribution is -2.30. The summed E-state index contributed by atoms with van der Waals surface area (Å²) in [6.07, 6.45) is 1.58. The minimum absolute atomic E-state index is 0.0158. The maximum absolute atomic E-state index is 11.8. The summed E-state index contributed by atoms with van der Waals surface area (Å²) >= 11 is 0. The molecule has 1 heterocycles. The summed E-state index contributed by atoms with van der Waals surface area (Å²) in [5, 5.41) is 5.94. The van der Waals surface area contributed by atoms with Gasteiger partial charge in [0.15, 0.2) is 0 Å². The molecule has 0 fully saturated rings. The number of pyridine rings is 1. The first kappa shape index (κ1) is 13.4. The van der Waals surface area contributed by atoms with Crippen molar-refractivity contribution < 1.29 is 9.53 Å². The van der Waals surface area contributed by atoms with Gasteiger partial charge >= 0.3 is 0 Å². The number of hydrogen-bond acceptors (Lipinski definition) is 4. The zero-order chi connectivity index (χ0) is 12.7. The van der Waals surface area contributed by atoms with Crippen molar-refractivity contribution in [2.75, 3.05) is 25.5 Å². The highest BCUT2D eigenvalue weighted by Crippen LogP contribution is 2.11. The molecule has 1 rings (SSSR count). The van der Waals surface area contributed by atoms with Gasteiger partial charge in [-0.1, -0.05) is 13.8 Å². The van der Waals surface area contributed by atoms with Crippen molar-refractivity contribution in [3.63, 3.8) is 0 Å². The number of carbonyl (C=O) groups excluding carboxylic acids is 1. The summed E-state index contributed by atoms with van der Waals surface area (Å²) in [5.41, 5.74) is 0.680. The first-order valence-electron chi connectivity index (χ1n) is 5.69. The fraction of sp³-hybridized carbons (Fsp3) is 0.500. The van der Waals surface area contributed by atoms with Crippen molar-refractivity contribution >= 4 is 11.6 Å². The van der Waals surface area contributed by atoms with Crippen LogP contribution in [0.3, 0.4) is 0 Å². The van der Waals surface area contributed by atoms with Gasteiger partial charge in [-0.05, 0) is 12.6 Å². The molecule has 5 nitrogen and oxygen atoms in total. The first-order valence-corrected chi connectivity index (χ1v) is 5.69. The van der Waals surface area contributed by atoms with E-state index in [1.165, 1.54) is 0 Å². The van der Waals surface area contributed by atoms with Gasteiger partial charge < -0.3 is 15.4 Å². The van der Waals surface area contributed by atoms with Crippen molar-refractivity contribution in [3.05, 3.63) is 18.3 Å². The van der Waals surface area contributed by atoms with E-state index in [1.54, 1.807) is 25.4 Å². The van der Waals surface area contributed by atoms with E-state index in [2.05, 4.69) is 15.6 Å². The second-order valence-electron chi connectivity index (χ2n) is 3.79. The van der Waals surface area contributed by atoms with E-state index in [-0.39, 0.29) is 11.8 Å². The van der Waals surface area contributed by atoms with Crippen LogP contribution in [-0.4, -0.2) is 31.1 Å². The van der Waals surface area contributed by atoms with Crippen molar-refractivity contribution in [1.82, 2.24) is 10.3 Å². The van der Waals surface area contributed by atoms with Crippen molar-refractivity contribution in [1.29, 1.82) is 0 Å². The number of ether oxygens (including phenoxy) is 1. The van der Waals surface area contributed by atoms with E-state index in [9.17, 15) is 4.79 Å². The van der Waals surface area contributed by atoms with E-state index in [4.69, 9.17) is 4.74 Å². The van der Waals surface area contributed by atoms with Gasteiger partial charge in [-0.2, -0.15) is 0 Å². The Morgan fingerprint density at radius 3 is 2.82 bits per heavy atom. The van der Waals surface area contributed by atoms with E-state index < -0.39 is 0 Å². The molecule has 0 aromatic carbocycles. The average Bonchev–Trinajstić information content (AvgIpc) is 2.36. The third-order valence-corrected chi connectivity index (χ3v) is 2.36. The van der Waals surface area contributed by atoms with Crippen LogP contribution in [0.25, 0.3) is 0 Å². The summed E-state index contributed by atoms with van der Waals surface area (Å²) in [6, 6.07) is 3.48. The number of amides is 1. The first-order chi connectivity index (χ1) is 8.17. The summed E-state index contributed by atoms with van der Waals surface area (Å²) in [5.74, 6) is 0.443. The maximum atomic E-state index is 11.8. The van der Waals surface area contributed by atoms with E-state index in [0.717, 1.165) is 6.54 Å². The molecule has 0 aliphatic rings. The number of nitrogens with zero attached hydrogens (tertiary/aromatic N) is 1. The number of nitrogens with one attached hydrogen (secondary N) is 2. The normalized spacial score (nSPS) is 11.9. The van der Waals surface area contributed by atoms with Gasteiger partial charge in [-0.15, -0.1) is 0 Å². The summed E-state index contributed by atoms with van der Waals surface area (Å²) in [6.45, 7) is 5.43. The van der Waals surface area contributed by atoms with Crippen LogP contribution in [0.1, 0.15) is 13.8 Å². The molecule has 1 aromatic rings. The Bertz CT molecular complexity index is 351. The molecule has 94 valence electrons. The van der Waals surface area contributed by atoms with Gasteiger partial charge in [0, 0.05) is 18.5 Å². The summed E-state index contributed by atoms with van der Waals surface area (Å²) in [7, 11) is 1.55. The third-order valence-electron chi connectivity index (χ3n) is 2.36. The highest BCUT2D eigenvalue weighted by Gasteiger charge is 2.12. The van der Waals surface area contributed by atoms with Gasteiger partial charge in [0.2, 0.25) is 11.8 Å². The summed E-state index contributed by atoms with van der Waals surface area (Å²) < 4.78 is 4.94. The van der Waals surface area contributed by atoms with E-state index >= 15 is 0 Å². The number of methoxy groups -OCH3 is 1. The standard InChI is InChI=1S/C12H19N3O2/c1-4-13-7-9(2)12(16)15-10-5-6-11(17-3)14-8-10/h5-6,8-9,13H,4,7H2,1-3H3,(H,15,16). The molecule has 1 atom stereocenters. The third kappa shape index (κ3) is 4.40. The van der Waals surface area contributed by atoms with Crippen molar-refractivity contribution in [2.24, 2.45) is 5.92 Å². The van der Waals surface area contributed by atoms with Crippen molar-refractivity contribution in [2.45, 2.75) is 13.8 Å². The minimum Gasteiger partial charge on any atom is -0.481 e. The number of hydrogen-bond donors (Lipinski definition) is 2. The van der Waals surface area contributed by atoms with E-state index in [0.29, 0.717) is 18.1 Å². The van der Waals surface area contributed by atoms with Gasteiger partial charge in [-0.3, -0.25) is 4.79 Å². The molecule has 2 N–H and O–H groups in total. The Hall–Kier alpha value is -1.62. The molecule has 1 aromatic heterocycles. The van der Waals surface area contributed by atoms with Gasteiger partial charge in [0.25, 0.3) is 0 Å². The lowest BCUT2D eigenvalue weighted by atomic mass is 10.1. The predicted molar refractivity (Wildman–Crippen MR) is 67.1 cm³/mol. The average molecular weight is 237 g/mol. The van der Waals surface area contributed by atoms with Gasteiger partial charge in [0.05, 0.1) is 19.0 Å². The fourth-order valence-electron chi connectivity index (χ4n) is 1.29. The lowest BCUT2D eigenvalue weighted by molar-refractivity contribution is -0.119. The van der Waals surface area contributed by atoms with E-state index in [1.807, 2.05) is 13.8 Å². The molecule has 0 spiro atoms. The predicted octanol–water partition coefficient (Wildman–Crippen LogP) is 1.27. The van der Waals surface area contributed by atoms with Crippen LogP contribution in [0.2, 0.25) is 0 Å². The molecule has 0 saturated heterocycles. The second-order valence-corrected chi connectivity index (χ2v) is 3.79. The molecule has 1 unspecified atom stereocenters. The number of anilines is 1. The van der Waals surface area contributed by atoms with Gasteiger partial charge in [-0.25, -0.2) is 4.98 Å². The van der Waals surface area contributed by atoms with Crippen LogP contribution in [-0.2, 0) is 4.79 Å². The SMILES string of the molecule is CCNCC(C)C(=O)Nc1ccc(OC)nc1. The number of carbonyl (C=O) groups is 1. The zero-order valence-electron chi connectivity index (χ0n) is 10.5. The molecule has 1 amide bonds. The van der Waals surface area contributed by atoms with Crippen LogP contribution in [0.4, 0.5) is 5.69 Å². The molecular weight excluding hydrogens is 218 g/mol. The Balaban J connectivity index is 2.49. The fourth-order valence-corrected chi connectivity index (χ4v) is 1.29. The van der Waals surface area contributed by atoms with Crippen LogP contribution >= 0.6 is 0 Å². The van der Waals surface area contributed by atoms with Crippen molar-refractivity contribution in [3.8, 4) is 5.88 Å². The molecular formula is C12H19N3O2. The Labute approximate surface area is 102 Å². The van der Waals surface area contributed by atoms with Crippen LogP contribution < -0.4 is 15.4 Å². The zero-order valence-corrected chi connectivity index (χ0v) is 10.5. The largest absolute Gasteiger partial charge is 0.481 e. The quantitative estimate of drug-likeness (QED) is 0.782. The lowest BCUT2D eigenvalue weighted by Gasteiger charge is -2.12. The molecule has 0 radical (unpaired) electrons. The Kier molecular flexibility index (Phi) is 5.42. The second kappa shape index (κ2) is 6.85. The molecule has 17 heavy (non-hydrogen) atoms. The minimum atomic E-state index is -0.0722. The molecule has 0 aliphatic heterocycles. The number of aromatic nitrogens is 1. The topological polar surface area (TPSA) is 63.2 Å². The maximum Gasteiger partial charge on any atom is 0.228 e. The van der Waals surface area contributed by atoms with Crippen LogP contribution in [0.5, 0.6) is 5.88 Å². The molecule has 5 heteroatoms. The molecule has 0 bridgehead atoms. The molecule has 0 aliphatic carbocycles. The molecule has 0 saturated carbocycles. The summed E-state index contributed by atoms with van der Waals surface area (Å²) in [4.78, 5) is 15.8. The number of rotatable bonds is 6. The Morgan fingerprint density at radius 2 is 2.29 bits per heavy atom. The van der Waals surface area contributed by atoms with Crippen LogP contribution in [0.15, 0.2) is 18.3 Å². The Morgan fingerprint density at radius 1 is 1.53 bits per heavy atom. The van der Waals surface area contributed by atoms with Gasteiger partial charge in [0.1, 0.15) is 0 Å².